The fraction of sp³-hybridized carbons (Fsp3) is 0.227. The van der Waals surface area contributed by atoms with Gasteiger partial charge in [0.15, 0.2) is 0 Å². The fourth-order valence-electron chi connectivity index (χ4n) is 4.41. The van der Waals surface area contributed by atoms with Gasteiger partial charge in [0.2, 0.25) is 0 Å². The third-order valence-corrected chi connectivity index (χ3v) is 5.99. The standard InChI is InChI=1S/C22H18ClFN4O/c23-16-5-8-20(26-13-16)22-12-19-18(2-1-9-25-19)21(29)28(22)11-10-27(22)14-15-3-6-17(24)7-4-15/h1-9,13H,10-12,14H2. The first-order valence-corrected chi connectivity index (χ1v) is 9.83. The molecule has 1 aromatic carbocycles. The molecule has 5 nitrogen and oxygen atoms in total. The minimum atomic E-state index is -0.753. The largest absolute Gasteiger partial charge is 0.313 e. The molecule has 1 fully saturated rings. The first-order valence-electron chi connectivity index (χ1n) is 9.45. The van der Waals surface area contributed by atoms with Gasteiger partial charge in [0.05, 0.1) is 22.0 Å². The van der Waals surface area contributed by atoms with Gasteiger partial charge >= 0.3 is 0 Å². The van der Waals surface area contributed by atoms with Crippen LogP contribution < -0.4 is 0 Å². The van der Waals surface area contributed by atoms with Crippen LogP contribution in [0, 0.1) is 5.82 Å². The molecule has 0 spiro atoms. The van der Waals surface area contributed by atoms with Crippen LogP contribution in [0.2, 0.25) is 5.02 Å². The summed E-state index contributed by atoms with van der Waals surface area (Å²) in [6.07, 6.45) is 3.85. The predicted octanol–water partition coefficient (Wildman–Crippen LogP) is 3.64. The maximum Gasteiger partial charge on any atom is 0.257 e. The number of fused-ring (bicyclic) bond motifs is 2. The lowest BCUT2D eigenvalue weighted by atomic mass is 9.89. The molecule has 1 atom stereocenters. The molecule has 1 unspecified atom stereocenters. The van der Waals surface area contributed by atoms with E-state index in [1.807, 2.05) is 17.0 Å². The average Bonchev–Trinajstić information content (AvgIpc) is 3.10. The molecule has 0 N–H and O–H groups in total. The zero-order valence-electron chi connectivity index (χ0n) is 15.6. The van der Waals surface area contributed by atoms with Crippen molar-refractivity contribution in [2.24, 2.45) is 0 Å². The van der Waals surface area contributed by atoms with Crippen molar-refractivity contribution in [3.8, 4) is 0 Å². The molecule has 4 heterocycles. The molecule has 0 bridgehead atoms. The molecule has 5 rings (SSSR count). The van der Waals surface area contributed by atoms with E-state index in [2.05, 4.69) is 14.9 Å². The fourth-order valence-corrected chi connectivity index (χ4v) is 4.53. The second-order valence-electron chi connectivity index (χ2n) is 7.36. The van der Waals surface area contributed by atoms with Crippen molar-refractivity contribution in [1.82, 2.24) is 19.8 Å². The molecule has 0 aliphatic carbocycles. The molecule has 2 aromatic heterocycles. The van der Waals surface area contributed by atoms with Crippen molar-refractivity contribution < 1.29 is 9.18 Å². The van der Waals surface area contributed by atoms with Crippen molar-refractivity contribution in [3.05, 3.63) is 94.3 Å². The van der Waals surface area contributed by atoms with E-state index in [4.69, 9.17) is 11.6 Å². The molecule has 146 valence electrons. The Hall–Kier alpha value is -2.83. The smallest absolute Gasteiger partial charge is 0.257 e. The molecule has 0 saturated carbocycles. The van der Waals surface area contributed by atoms with Crippen molar-refractivity contribution >= 4 is 17.5 Å². The molecular weight excluding hydrogens is 391 g/mol. The SMILES string of the molecule is O=C1c2cccnc2CC2(c3ccc(Cl)cn3)N(Cc3ccc(F)cc3)CCN12. The van der Waals surface area contributed by atoms with Crippen molar-refractivity contribution in [3.63, 3.8) is 0 Å². The van der Waals surface area contributed by atoms with Crippen molar-refractivity contribution in [2.45, 2.75) is 18.6 Å². The summed E-state index contributed by atoms with van der Waals surface area (Å²) in [5.74, 6) is -0.311. The number of aromatic nitrogens is 2. The van der Waals surface area contributed by atoms with Crippen molar-refractivity contribution in [1.29, 1.82) is 0 Å². The van der Waals surface area contributed by atoms with Crippen LogP contribution in [0.25, 0.3) is 0 Å². The Morgan fingerprint density at radius 3 is 2.66 bits per heavy atom. The number of carbonyl (C=O) groups excluding carboxylic acids is 1. The van der Waals surface area contributed by atoms with Gasteiger partial charge in [0, 0.05) is 38.4 Å². The van der Waals surface area contributed by atoms with E-state index in [0.717, 1.165) is 17.0 Å². The Bertz CT molecular complexity index is 1070. The number of hydrogen-bond donors (Lipinski definition) is 0. The predicted molar refractivity (Wildman–Crippen MR) is 107 cm³/mol. The highest BCUT2D eigenvalue weighted by atomic mass is 35.5. The van der Waals surface area contributed by atoms with Crippen molar-refractivity contribution in [2.75, 3.05) is 13.1 Å². The van der Waals surface area contributed by atoms with Crippen LogP contribution >= 0.6 is 11.6 Å². The van der Waals surface area contributed by atoms with Gasteiger partial charge in [-0.05, 0) is 42.0 Å². The number of pyridine rings is 2. The Kier molecular flexibility index (Phi) is 4.33. The maximum atomic E-state index is 13.4. The number of carbonyl (C=O) groups is 1. The summed E-state index contributed by atoms with van der Waals surface area (Å²) in [4.78, 5) is 26.5. The zero-order chi connectivity index (χ0) is 20.0. The Morgan fingerprint density at radius 1 is 1.07 bits per heavy atom. The number of hydrogen-bond acceptors (Lipinski definition) is 4. The maximum absolute atomic E-state index is 13.4. The Labute approximate surface area is 172 Å². The first-order chi connectivity index (χ1) is 14.1. The van der Waals surface area contributed by atoms with Crippen LogP contribution in [-0.2, 0) is 18.6 Å². The third kappa shape index (κ3) is 2.91. The van der Waals surface area contributed by atoms with E-state index in [9.17, 15) is 9.18 Å². The first kappa shape index (κ1) is 18.2. The molecular formula is C22H18ClFN4O. The lowest BCUT2D eigenvalue weighted by Crippen LogP contribution is -2.57. The Balaban J connectivity index is 1.63. The van der Waals surface area contributed by atoms with Crippen LogP contribution in [0.5, 0.6) is 0 Å². The number of halogens is 2. The summed E-state index contributed by atoms with van der Waals surface area (Å²) in [5, 5.41) is 0.542. The van der Waals surface area contributed by atoms with Gasteiger partial charge < -0.3 is 4.90 Å². The molecule has 1 saturated heterocycles. The van der Waals surface area contributed by atoms with Gasteiger partial charge in [-0.2, -0.15) is 0 Å². The molecule has 29 heavy (non-hydrogen) atoms. The minimum absolute atomic E-state index is 0.0438. The highest BCUT2D eigenvalue weighted by Crippen LogP contribution is 2.44. The molecule has 2 aliphatic rings. The van der Waals surface area contributed by atoms with E-state index in [1.54, 1.807) is 36.7 Å². The molecule has 2 aliphatic heterocycles. The lowest BCUT2D eigenvalue weighted by Gasteiger charge is -2.46. The van der Waals surface area contributed by atoms with Gasteiger partial charge in [-0.3, -0.25) is 19.7 Å². The summed E-state index contributed by atoms with van der Waals surface area (Å²) < 4.78 is 13.4. The lowest BCUT2D eigenvalue weighted by molar-refractivity contribution is -0.00260. The van der Waals surface area contributed by atoms with E-state index >= 15 is 0 Å². The Morgan fingerprint density at radius 2 is 1.90 bits per heavy atom. The monoisotopic (exact) mass is 408 g/mol. The van der Waals surface area contributed by atoms with Gasteiger partial charge in [0.1, 0.15) is 11.5 Å². The van der Waals surface area contributed by atoms with E-state index in [-0.39, 0.29) is 11.7 Å². The number of benzene rings is 1. The highest BCUT2D eigenvalue weighted by molar-refractivity contribution is 6.30. The van der Waals surface area contributed by atoms with Gasteiger partial charge in [0.25, 0.3) is 5.91 Å². The molecule has 0 radical (unpaired) electrons. The summed E-state index contributed by atoms with van der Waals surface area (Å²) in [5.41, 5.74) is 2.38. The van der Waals surface area contributed by atoms with Crippen LogP contribution in [-0.4, -0.2) is 38.8 Å². The van der Waals surface area contributed by atoms with E-state index < -0.39 is 5.66 Å². The highest BCUT2D eigenvalue weighted by Gasteiger charge is 2.55. The minimum Gasteiger partial charge on any atom is -0.313 e. The average molecular weight is 409 g/mol. The van der Waals surface area contributed by atoms with E-state index in [1.165, 1.54) is 12.1 Å². The second-order valence-corrected chi connectivity index (χ2v) is 7.79. The summed E-state index contributed by atoms with van der Waals surface area (Å²) in [6, 6.07) is 13.8. The third-order valence-electron chi connectivity index (χ3n) is 5.77. The number of nitrogens with zero attached hydrogens (tertiary/aromatic N) is 4. The van der Waals surface area contributed by atoms with Crippen LogP contribution in [0.15, 0.2) is 60.9 Å². The summed E-state index contributed by atoms with van der Waals surface area (Å²) in [7, 11) is 0. The topological polar surface area (TPSA) is 49.3 Å². The van der Waals surface area contributed by atoms with Gasteiger partial charge in [-0.1, -0.05) is 23.7 Å². The van der Waals surface area contributed by atoms with E-state index in [0.29, 0.717) is 36.6 Å². The van der Waals surface area contributed by atoms with Crippen LogP contribution in [0.1, 0.15) is 27.3 Å². The van der Waals surface area contributed by atoms with Crippen LogP contribution in [0.3, 0.4) is 0 Å². The molecule has 3 aromatic rings. The van der Waals surface area contributed by atoms with Gasteiger partial charge in [-0.25, -0.2) is 4.39 Å². The number of rotatable bonds is 3. The second kappa shape index (κ2) is 6.90. The quantitative estimate of drug-likeness (QED) is 0.664. The van der Waals surface area contributed by atoms with Gasteiger partial charge in [-0.15, -0.1) is 0 Å². The normalized spacial score (nSPS) is 21.2. The summed E-state index contributed by atoms with van der Waals surface area (Å²) >= 11 is 6.08. The summed E-state index contributed by atoms with van der Waals surface area (Å²) in [6.45, 7) is 1.83. The molecule has 7 heteroatoms. The molecule has 1 amide bonds. The number of amides is 1. The zero-order valence-corrected chi connectivity index (χ0v) is 16.3. The van der Waals surface area contributed by atoms with Crippen LogP contribution in [0.4, 0.5) is 4.39 Å².